The van der Waals surface area contributed by atoms with Crippen LogP contribution in [0.2, 0.25) is 0 Å². The van der Waals surface area contributed by atoms with E-state index in [1.807, 2.05) is 18.7 Å². The van der Waals surface area contributed by atoms with E-state index in [4.69, 9.17) is 0 Å². The van der Waals surface area contributed by atoms with Crippen LogP contribution in [0.1, 0.15) is 33.1 Å². The molecule has 1 amide bonds. The van der Waals surface area contributed by atoms with Crippen LogP contribution in [0.5, 0.6) is 0 Å². The standard InChI is InChI=1S/C14H26N2O3S/c1-11(2)16(9-12-4-3-6-15-8-12)14(17)13-5-7-20(18,19)10-13/h11-13,15H,3-10H2,1-2H3. The van der Waals surface area contributed by atoms with Crippen LogP contribution >= 0.6 is 0 Å². The molecule has 6 heteroatoms. The quantitative estimate of drug-likeness (QED) is 0.828. The lowest BCUT2D eigenvalue weighted by molar-refractivity contribution is -0.137. The third-order valence-corrected chi connectivity index (χ3v) is 6.11. The predicted molar refractivity (Wildman–Crippen MR) is 79.2 cm³/mol. The van der Waals surface area contributed by atoms with E-state index in [9.17, 15) is 13.2 Å². The summed E-state index contributed by atoms with van der Waals surface area (Å²) in [6, 6.07) is 0.132. The van der Waals surface area contributed by atoms with E-state index in [0.29, 0.717) is 12.3 Å². The van der Waals surface area contributed by atoms with Gasteiger partial charge in [0.15, 0.2) is 9.84 Å². The molecule has 2 aliphatic heterocycles. The Balaban J connectivity index is 1.98. The van der Waals surface area contributed by atoms with Crippen molar-refractivity contribution < 1.29 is 13.2 Å². The molecule has 20 heavy (non-hydrogen) atoms. The van der Waals surface area contributed by atoms with Crippen LogP contribution in [0.15, 0.2) is 0 Å². The molecule has 1 N–H and O–H groups in total. The molecule has 2 fully saturated rings. The highest BCUT2D eigenvalue weighted by Gasteiger charge is 2.36. The van der Waals surface area contributed by atoms with Gasteiger partial charge in [0.25, 0.3) is 0 Å². The summed E-state index contributed by atoms with van der Waals surface area (Å²) in [6.07, 6.45) is 2.79. The highest BCUT2D eigenvalue weighted by Crippen LogP contribution is 2.23. The number of nitrogens with zero attached hydrogens (tertiary/aromatic N) is 1. The molecule has 2 heterocycles. The average Bonchev–Trinajstić information content (AvgIpc) is 2.76. The molecule has 0 bridgehead atoms. The number of carbonyl (C=O) groups excluding carboxylic acids is 1. The summed E-state index contributed by atoms with van der Waals surface area (Å²) in [5.74, 6) is 0.414. The van der Waals surface area contributed by atoms with Gasteiger partial charge in [0.1, 0.15) is 0 Å². The van der Waals surface area contributed by atoms with Crippen LogP contribution in [0, 0.1) is 11.8 Å². The van der Waals surface area contributed by atoms with Crippen LogP contribution in [-0.2, 0) is 14.6 Å². The first-order valence-electron chi connectivity index (χ1n) is 7.60. The van der Waals surface area contributed by atoms with Crippen molar-refractivity contribution in [2.24, 2.45) is 11.8 Å². The summed E-state index contributed by atoms with van der Waals surface area (Å²) in [7, 11) is -2.99. The number of hydrogen-bond acceptors (Lipinski definition) is 4. The van der Waals surface area contributed by atoms with E-state index in [1.54, 1.807) is 0 Å². The second-order valence-electron chi connectivity index (χ2n) is 6.40. The highest BCUT2D eigenvalue weighted by atomic mass is 32.2. The number of nitrogens with one attached hydrogen (secondary N) is 1. The van der Waals surface area contributed by atoms with Gasteiger partial charge in [-0.3, -0.25) is 4.79 Å². The zero-order valence-electron chi connectivity index (χ0n) is 12.5. The Hall–Kier alpha value is -0.620. The van der Waals surface area contributed by atoms with E-state index >= 15 is 0 Å². The van der Waals surface area contributed by atoms with E-state index < -0.39 is 9.84 Å². The second-order valence-corrected chi connectivity index (χ2v) is 8.63. The fraction of sp³-hybridized carbons (Fsp3) is 0.929. The summed E-state index contributed by atoms with van der Waals surface area (Å²) in [4.78, 5) is 14.5. The van der Waals surface area contributed by atoms with Crippen LogP contribution in [0.4, 0.5) is 0 Å². The van der Waals surface area contributed by atoms with E-state index in [0.717, 1.165) is 32.5 Å². The molecule has 2 saturated heterocycles. The number of rotatable bonds is 4. The fourth-order valence-corrected chi connectivity index (χ4v) is 4.87. The van der Waals surface area contributed by atoms with Crippen molar-refractivity contribution in [1.29, 1.82) is 0 Å². The van der Waals surface area contributed by atoms with E-state index in [2.05, 4.69) is 5.32 Å². The maximum absolute atomic E-state index is 12.6. The van der Waals surface area contributed by atoms with Crippen molar-refractivity contribution in [3.8, 4) is 0 Å². The summed E-state index contributed by atoms with van der Waals surface area (Å²) in [5, 5.41) is 3.37. The maximum atomic E-state index is 12.6. The molecule has 5 nitrogen and oxygen atoms in total. The Morgan fingerprint density at radius 1 is 1.35 bits per heavy atom. The lowest BCUT2D eigenvalue weighted by Gasteiger charge is -2.34. The van der Waals surface area contributed by atoms with Crippen molar-refractivity contribution >= 4 is 15.7 Å². The SMILES string of the molecule is CC(C)N(CC1CCCNC1)C(=O)C1CCS(=O)(=O)C1. The van der Waals surface area contributed by atoms with Gasteiger partial charge >= 0.3 is 0 Å². The van der Waals surface area contributed by atoms with Gasteiger partial charge in [0, 0.05) is 12.6 Å². The number of piperidine rings is 1. The average molecular weight is 302 g/mol. The summed E-state index contributed by atoms with van der Waals surface area (Å²) < 4.78 is 23.1. The first-order chi connectivity index (χ1) is 9.39. The molecule has 0 saturated carbocycles. The number of sulfone groups is 1. The molecule has 0 spiro atoms. The number of amides is 1. The van der Waals surface area contributed by atoms with Crippen molar-refractivity contribution in [1.82, 2.24) is 10.2 Å². The van der Waals surface area contributed by atoms with Crippen molar-refractivity contribution in [3.63, 3.8) is 0 Å². The molecular formula is C14H26N2O3S. The molecule has 0 aromatic rings. The predicted octanol–water partition coefficient (Wildman–Crippen LogP) is 0.658. The summed E-state index contributed by atoms with van der Waals surface area (Å²) in [5.41, 5.74) is 0. The van der Waals surface area contributed by atoms with E-state index in [1.165, 1.54) is 0 Å². The lowest BCUT2D eigenvalue weighted by atomic mass is 9.97. The van der Waals surface area contributed by atoms with Gasteiger partial charge in [-0.2, -0.15) is 0 Å². The third-order valence-electron chi connectivity index (χ3n) is 4.34. The van der Waals surface area contributed by atoms with Crippen molar-refractivity contribution in [2.75, 3.05) is 31.1 Å². The number of carbonyl (C=O) groups is 1. The molecular weight excluding hydrogens is 276 g/mol. The molecule has 2 aliphatic rings. The minimum atomic E-state index is -2.99. The Labute approximate surface area is 122 Å². The topological polar surface area (TPSA) is 66.5 Å². The molecule has 0 radical (unpaired) electrons. The minimum Gasteiger partial charge on any atom is -0.340 e. The summed E-state index contributed by atoms with van der Waals surface area (Å²) >= 11 is 0. The first-order valence-corrected chi connectivity index (χ1v) is 9.43. The van der Waals surface area contributed by atoms with Gasteiger partial charge in [-0.05, 0) is 52.1 Å². The van der Waals surface area contributed by atoms with Gasteiger partial charge in [-0.1, -0.05) is 0 Å². The normalized spacial score (nSPS) is 29.6. The third kappa shape index (κ3) is 3.95. The highest BCUT2D eigenvalue weighted by molar-refractivity contribution is 7.91. The van der Waals surface area contributed by atoms with Crippen molar-refractivity contribution in [2.45, 2.75) is 39.2 Å². The lowest BCUT2D eigenvalue weighted by Crippen LogP contribution is -2.46. The summed E-state index contributed by atoms with van der Waals surface area (Å²) in [6.45, 7) is 6.79. The monoisotopic (exact) mass is 302 g/mol. The first kappa shape index (κ1) is 15.8. The largest absolute Gasteiger partial charge is 0.340 e. The smallest absolute Gasteiger partial charge is 0.226 e. The van der Waals surface area contributed by atoms with Crippen molar-refractivity contribution in [3.05, 3.63) is 0 Å². The Morgan fingerprint density at radius 2 is 2.10 bits per heavy atom. The van der Waals surface area contributed by atoms with Gasteiger partial charge in [0.2, 0.25) is 5.91 Å². The van der Waals surface area contributed by atoms with Gasteiger partial charge in [-0.25, -0.2) is 8.42 Å². The molecule has 0 aromatic heterocycles. The second kappa shape index (κ2) is 6.43. The van der Waals surface area contributed by atoms with Crippen LogP contribution < -0.4 is 5.32 Å². The van der Waals surface area contributed by atoms with E-state index in [-0.39, 0.29) is 29.4 Å². The van der Waals surface area contributed by atoms with Gasteiger partial charge in [-0.15, -0.1) is 0 Å². The van der Waals surface area contributed by atoms with Crippen LogP contribution in [0.25, 0.3) is 0 Å². The van der Waals surface area contributed by atoms with Gasteiger partial charge < -0.3 is 10.2 Å². The number of hydrogen-bond donors (Lipinski definition) is 1. The van der Waals surface area contributed by atoms with Crippen LogP contribution in [-0.4, -0.2) is 56.4 Å². The Kier molecular flexibility index (Phi) is 5.07. The molecule has 0 aromatic carbocycles. The Morgan fingerprint density at radius 3 is 2.60 bits per heavy atom. The minimum absolute atomic E-state index is 0.0339. The molecule has 2 unspecified atom stereocenters. The zero-order chi connectivity index (χ0) is 14.8. The maximum Gasteiger partial charge on any atom is 0.226 e. The fourth-order valence-electron chi connectivity index (χ4n) is 3.14. The Bertz CT molecular complexity index is 441. The zero-order valence-corrected chi connectivity index (χ0v) is 13.3. The molecule has 116 valence electrons. The van der Waals surface area contributed by atoms with Crippen LogP contribution in [0.3, 0.4) is 0 Å². The molecule has 0 aliphatic carbocycles. The molecule has 2 atom stereocenters. The van der Waals surface area contributed by atoms with Gasteiger partial charge in [0.05, 0.1) is 17.4 Å². The molecule has 2 rings (SSSR count).